The lowest BCUT2D eigenvalue weighted by Crippen LogP contribution is -2.46. The van der Waals surface area contributed by atoms with Gasteiger partial charge in [-0.25, -0.2) is 0 Å². The van der Waals surface area contributed by atoms with Crippen molar-refractivity contribution in [3.8, 4) is 11.5 Å². The lowest BCUT2D eigenvalue weighted by atomic mass is 9.97. The van der Waals surface area contributed by atoms with Crippen molar-refractivity contribution in [3.63, 3.8) is 0 Å². The highest BCUT2D eigenvalue weighted by atomic mass is 16.5. The predicted octanol–water partition coefficient (Wildman–Crippen LogP) is 1.42. The Hall–Kier alpha value is -2.28. The summed E-state index contributed by atoms with van der Waals surface area (Å²) in [6.07, 6.45) is 3.90. The van der Waals surface area contributed by atoms with Crippen molar-refractivity contribution < 1.29 is 19.1 Å². The molecule has 2 unspecified atom stereocenters. The molecule has 2 saturated heterocycles. The summed E-state index contributed by atoms with van der Waals surface area (Å²) in [6, 6.07) is 5.18. The van der Waals surface area contributed by atoms with Crippen molar-refractivity contribution >= 4 is 11.8 Å². The van der Waals surface area contributed by atoms with Gasteiger partial charge >= 0.3 is 0 Å². The molecular weight excluding hydrogens is 346 g/mol. The SMILES string of the molecule is COc1ccc(C(=O)N2CCCC(CNC(=O)C3CCCN3)C2)c(OC)c1. The van der Waals surface area contributed by atoms with Gasteiger partial charge in [0.05, 0.1) is 25.8 Å². The van der Waals surface area contributed by atoms with Crippen LogP contribution < -0.4 is 20.1 Å². The number of benzene rings is 1. The van der Waals surface area contributed by atoms with Crippen molar-refractivity contribution in [2.24, 2.45) is 5.92 Å². The zero-order valence-electron chi connectivity index (χ0n) is 16.1. The number of carbonyl (C=O) groups excluding carboxylic acids is 2. The molecule has 2 fully saturated rings. The zero-order chi connectivity index (χ0) is 19.2. The van der Waals surface area contributed by atoms with Crippen LogP contribution in [0.3, 0.4) is 0 Å². The van der Waals surface area contributed by atoms with Gasteiger partial charge in [0.15, 0.2) is 0 Å². The van der Waals surface area contributed by atoms with Crippen LogP contribution in [0.5, 0.6) is 11.5 Å². The Balaban J connectivity index is 1.58. The first-order chi connectivity index (χ1) is 13.1. The number of piperidine rings is 1. The summed E-state index contributed by atoms with van der Waals surface area (Å²) >= 11 is 0. The molecule has 3 rings (SSSR count). The molecule has 0 bridgehead atoms. The number of amides is 2. The van der Waals surface area contributed by atoms with Gasteiger partial charge in [-0.3, -0.25) is 9.59 Å². The minimum atomic E-state index is -0.0603. The van der Waals surface area contributed by atoms with Gasteiger partial charge in [0.1, 0.15) is 11.5 Å². The van der Waals surface area contributed by atoms with Crippen LogP contribution in [0.25, 0.3) is 0 Å². The molecule has 0 spiro atoms. The second-order valence-electron chi connectivity index (χ2n) is 7.22. The second kappa shape index (κ2) is 9.08. The average Bonchev–Trinajstić information content (AvgIpc) is 3.26. The Morgan fingerprint density at radius 1 is 1.22 bits per heavy atom. The monoisotopic (exact) mass is 375 g/mol. The third-order valence-electron chi connectivity index (χ3n) is 5.39. The number of hydrogen-bond donors (Lipinski definition) is 2. The van der Waals surface area contributed by atoms with E-state index < -0.39 is 0 Å². The van der Waals surface area contributed by atoms with Gasteiger partial charge in [-0.05, 0) is 50.3 Å². The van der Waals surface area contributed by atoms with Crippen LogP contribution in [0.4, 0.5) is 0 Å². The first-order valence-corrected chi connectivity index (χ1v) is 9.64. The number of hydrogen-bond acceptors (Lipinski definition) is 5. The molecular formula is C20H29N3O4. The van der Waals surface area contributed by atoms with E-state index in [2.05, 4.69) is 10.6 Å². The molecule has 27 heavy (non-hydrogen) atoms. The largest absolute Gasteiger partial charge is 0.497 e. The fourth-order valence-electron chi connectivity index (χ4n) is 3.84. The van der Waals surface area contributed by atoms with E-state index >= 15 is 0 Å². The lowest BCUT2D eigenvalue weighted by Gasteiger charge is -2.33. The second-order valence-corrected chi connectivity index (χ2v) is 7.22. The molecule has 0 saturated carbocycles. The summed E-state index contributed by atoms with van der Waals surface area (Å²) in [5.74, 6) is 1.48. The van der Waals surface area contributed by atoms with E-state index in [1.54, 1.807) is 32.4 Å². The summed E-state index contributed by atoms with van der Waals surface area (Å²) in [5.41, 5.74) is 0.540. The maximum atomic E-state index is 13.0. The quantitative estimate of drug-likeness (QED) is 0.786. The van der Waals surface area contributed by atoms with Gasteiger partial charge in [-0.2, -0.15) is 0 Å². The number of nitrogens with zero attached hydrogens (tertiary/aromatic N) is 1. The van der Waals surface area contributed by atoms with Gasteiger partial charge in [-0.15, -0.1) is 0 Å². The standard InChI is InChI=1S/C20H29N3O4/c1-26-15-7-8-16(18(11-15)27-2)20(25)23-10-4-5-14(13-23)12-22-19(24)17-6-3-9-21-17/h7-8,11,14,17,21H,3-6,9-10,12-13H2,1-2H3,(H,22,24). The minimum absolute atomic E-state index is 0.0389. The number of ether oxygens (including phenoxy) is 2. The Morgan fingerprint density at radius 2 is 2.07 bits per heavy atom. The maximum absolute atomic E-state index is 13.0. The summed E-state index contributed by atoms with van der Waals surface area (Å²) < 4.78 is 10.6. The van der Waals surface area contributed by atoms with E-state index in [0.29, 0.717) is 30.2 Å². The molecule has 1 aromatic carbocycles. The number of rotatable bonds is 6. The van der Waals surface area contributed by atoms with Crippen LogP contribution in [0, 0.1) is 5.92 Å². The van der Waals surface area contributed by atoms with Gasteiger partial charge in [0, 0.05) is 25.7 Å². The topological polar surface area (TPSA) is 79.9 Å². The van der Waals surface area contributed by atoms with Gasteiger partial charge in [0.2, 0.25) is 5.91 Å². The molecule has 2 N–H and O–H groups in total. The van der Waals surface area contributed by atoms with Gasteiger partial charge in [-0.1, -0.05) is 0 Å². The summed E-state index contributed by atoms with van der Waals surface area (Å²) in [4.78, 5) is 27.0. The molecule has 2 atom stereocenters. The normalized spacial score (nSPS) is 22.4. The summed E-state index contributed by atoms with van der Waals surface area (Å²) in [7, 11) is 3.14. The van der Waals surface area contributed by atoms with Crippen molar-refractivity contribution in [3.05, 3.63) is 23.8 Å². The van der Waals surface area contributed by atoms with E-state index in [9.17, 15) is 9.59 Å². The van der Waals surface area contributed by atoms with E-state index in [0.717, 1.165) is 38.8 Å². The molecule has 0 aromatic heterocycles. The summed E-state index contributed by atoms with van der Waals surface area (Å²) in [6.45, 7) is 2.89. The molecule has 148 valence electrons. The number of nitrogens with one attached hydrogen (secondary N) is 2. The summed E-state index contributed by atoms with van der Waals surface area (Å²) in [5, 5.41) is 6.26. The van der Waals surface area contributed by atoms with E-state index in [-0.39, 0.29) is 23.8 Å². The fraction of sp³-hybridized carbons (Fsp3) is 0.600. The molecule has 2 heterocycles. The maximum Gasteiger partial charge on any atom is 0.257 e. The van der Waals surface area contributed by atoms with Crippen molar-refractivity contribution in [1.29, 1.82) is 0 Å². The molecule has 2 aliphatic heterocycles. The molecule has 0 aliphatic carbocycles. The van der Waals surface area contributed by atoms with Crippen molar-refractivity contribution in [1.82, 2.24) is 15.5 Å². The Morgan fingerprint density at radius 3 is 2.78 bits per heavy atom. The molecule has 1 aromatic rings. The third-order valence-corrected chi connectivity index (χ3v) is 5.39. The number of carbonyl (C=O) groups is 2. The third kappa shape index (κ3) is 4.71. The molecule has 2 aliphatic rings. The Kier molecular flexibility index (Phi) is 6.55. The number of likely N-dealkylation sites (tertiary alicyclic amines) is 1. The first-order valence-electron chi connectivity index (χ1n) is 9.64. The first kappa shape index (κ1) is 19.5. The van der Waals surface area contributed by atoms with Crippen LogP contribution in [-0.2, 0) is 4.79 Å². The highest BCUT2D eigenvalue weighted by Crippen LogP contribution is 2.27. The highest BCUT2D eigenvalue weighted by Gasteiger charge is 2.28. The van der Waals surface area contributed by atoms with E-state index in [1.807, 2.05) is 4.90 Å². The van der Waals surface area contributed by atoms with Crippen LogP contribution in [0.15, 0.2) is 18.2 Å². The van der Waals surface area contributed by atoms with Crippen LogP contribution in [-0.4, -0.2) is 63.2 Å². The van der Waals surface area contributed by atoms with Crippen LogP contribution in [0.1, 0.15) is 36.0 Å². The molecule has 0 radical (unpaired) electrons. The molecule has 2 amide bonds. The van der Waals surface area contributed by atoms with Crippen molar-refractivity contribution in [2.45, 2.75) is 31.7 Å². The molecule has 7 nitrogen and oxygen atoms in total. The van der Waals surface area contributed by atoms with E-state index in [1.165, 1.54) is 0 Å². The Labute approximate surface area is 160 Å². The van der Waals surface area contributed by atoms with Gasteiger partial charge in [0.25, 0.3) is 5.91 Å². The van der Waals surface area contributed by atoms with Crippen molar-refractivity contribution in [2.75, 3.05) is 40.4 Å². The Bertz CT molecular complexity index is 673. The lowest BCUT2D eigenvalue weighted by molar-refractivity contribution is -0.123. The van der Waals surface area contributed by atoms with Crippen LogP contribution >= 0.6 is 0 Å². The average molecular weight is 375 g/mol. The highest BCUT2D eigenvalue weighted by molar-refractivity contribution is 5.97. The molecule has 7 heteroatoms. The zero-order valence-corrected chi connectivity index (χ0v) is 16.1. The predicted molar refractivity (Wildman–Crippen MR) is 102 cm³/mol. The fourth-order valence-corrected chi connectivity index (χ4v) is 3.84. The van der Waals surface area contributed by atoms with E-state index in [4.69, 9.17) is 9.47 Å². The van der Waals surface area contributed by atoms with Gasteiger partial charge < -0.3 is 25.0 Å². The van der Waals surface area contributed by atoms with Crippen LogP contribution in [0.2, 0.25) is 0 Å². The minimum Gasteiger partial charge on any atom is -0.497 e. The smallest absolute Gasteiger partial charge is 0.257 e. The number of methoxy groups -OCH3 is 2.